The van der Waals surface area contributed by atoms with E-state index in [-0.39, 0.29) is 13.0 Å². The molecule has 0 spiro atoms. The monoisotopic (exact) mass is 275 g/mol. The number of rotatable bonds is 9. The molecule has 112 valence electrons. The number of aliphatic carboxylic acids is 1. The van der Waals surface area contributed by atoms with Gasteiger partial charge in [-0.2, -0.15) is 0 Å². The van der Waals surface area contributed by atoms with Gasteiger partial charge in [0.1, 0.15) is 6.04 Å². The second kappa shape index (κ2) is 9.57. The van der Waals surface area contributed by atoms with Crippen LogP contribution < -0.4 is 5.32 Å². The normalized spacial score (nSPS) is 12.3. The Bertz CT molecular complexity index is 284. The van der Waals surface area contributed by atoms with Crippen molar-refractivity contribution >= 4 is 12.0 Å². The predicted molar refractivity (Wildman–Crippen MR) is 72.1 cm³/mol. The van der Waals surface area contributed by atoms with Gasteiger partial charge >= 0.3 is 12.0 Å². The molecule has 1 atom stereocenters. The Morgan fingerprint density at radius 2 is 1.89 bits per heavy atom. The molecule has 0 saturated carbocycles. The highest BCUT2D eigenvalue weighted by Crippen LogP contribution is 1.98. The second-order valence-electron chi connectivity index (χ2n) is 4.59. The lowest BCUT2D eigenvalue weighted by atomic mass is 10.2. The van der Waals surface area contributed by atoms with Crippen molar-refractivity contribution in [2.75, 3.05) is 40.3 Å². The molecular formula is C12H25N3O4. The first-order valence-electron chi connectivity index (χ1n) is 6.46. The van der Waals surface area contributed by atoms with Crippen molar-refractivity contribution in [1.82, 2.24) is 15.1 Å². The Morgan fingerprint density at radius 1 is 1.26 bits per heavy atom. The van der Waals surface area contributed by atoms with E-state index >= 15 is 0 Å². The van der Waals surface area contributed by atoms with Gasteiger partial charge in [0.2, 0.25) is 0 Å². The number of aliphatic hydroxyl groups excluding tert-OH is 1. The maximum absolute atomic E-state index is 11.9. The van der Waals surface area contributed by atoms with E-state index < -0.39 is 18.0 Å². The average Bonchev–Trinajstić information content (AvgIpc) is 2.33. The first-order chi connectivity index (χ1) is 8.92. The van der Waals surface area contributed by atoms with Gasteiger partial charge in [-0.3, -0.25) is 0 Å². The molecule has 0 saturated heterocycles. The van der Waals surface area contributed by atoms with Gasteiger partial charge in [0, 0.05) is 26.1 Å². The third-order valence-corrected chi connectivity index (χ3v) is 2.72. The van der Waals surface area contributed by atoms with Crippen molar-refractivity contribution in [3.05, 3.63) is 0 Å². The van der Waals surface area contributed by atoms with Crippen LogP contribution in [0.3, 0.4) is 0 Å². The minimum absolute atomic E-state index is 0.0102. The Morgan fingerprint density at radius 3 is 2.32 bits per heavy atom. The van der Waals surface area contributed by atoms with Crippen LogP contribution in [0, 0.1) is 0 Å². The zero-order valence-corrected chi connectivity index (χ0v) is 11.9. The van der Waals surface area contributed by atoms with E-state index in [2.05, 4.69) is 5.32 Å². The summed E-state index contributed by atoms with van der Waals surface area (Å²) in [5.74, 6) is -1.13. The van der Waals surface area contributed by atoms with Crippen LogP contribution >= 0.6 is 0 Å². The number of hydrogen-bond donors (Lipinski definition) is 3. The van der Waals surface area contributed by atoms with Crippen molar-refractivity contribution in [2.45, 2.75) is 25.8 Å². The zero-order valence-electron chi connectivity index (χ0n) is 11.9. The SMILES string of the molecule is CCN(CCCN(C)C)C(=O)N[C@@H](CCO)C(=O)O. The second-order valence-corrected chi connectivity index (χ2v) is 4.59. The van der Waals surface area contributed by atoms with Gasteiger partial charge in [0.05, 0.1) is 0 Å². The number of urea groups is 1. The average molecular weight is 275 g/mol. The molecule has 2 amide bonds. The van der Waals surface area contributed by atoms with Crippen molar-refractivity contribution in [3.63, 3.8) is 0 Å². The minimum atomic E-state index is -1.13. The maximum atomic E-state index is 11.9. The van der Waals surface area contributed by atoms with E-state index in [4.69, 9.17) is 10.2 Å². The summed E-state index contributed by atoms with van der Waals surface area (Å²) in [5, 5.41) is 20.1. The van der Waals surface area contributed by atoms with Gasteiger partial charge in [-0.15, -0.1) is 0 Å². The lowest BCUT2D eigenvalue weighted by Gasteiger charge is -2.24. The molecule has 0 aliphatic rings. The van der Waals surface area contributed by atoms with Gasteiger partial charge in [0.25, 0.3) is 0 Å². The van der Waals surface area contributed by atoms with E-state index in [9.17, 15) is 9.59 Å². The molecule has 0 aromatic heterocycles. The molecule has 0 rings (SSSR count). The standard InChI is InChI=1S/C12H25N3O4/c1-4-15(8-5-7-14(2)3)12(19)13-10(6-9-16)11(17)18/h10,16H,4-9H2,1-3H3,(H,13,19)(H,17,18)/t10-/m0/s1. The molecule has 3 N–H and O–H groups in total. The minimum Gasteiger partial charge on any atom is -0.480 e. The number of nitrogens with zero attached hydrogens (tertiary/aromatic N) is 2. The van der Waals surface area contributed by atoms with E-state index in [0.29, 0.717) is 13.1 Å². The summed E-state index contributed by atoms with van der Waals surface area (Å²) < 4.78 is 0. The van der Waals surface area contributed by atoms with Crippen LogP contribution in [0.15, 0.2) is 0 Å². The van der Waals surface area contributed by atoms with Crippen LogP contribution in [0.2, 0.25) is 0 Å². The number of carbonyl (C=O) groups excluding carboxylic acids is 1. The molecule has 0 radical (unpaired) electrons. The van der Waals surface area contributed by atoms with Crippen molar-refractivity contribution in [1.29, 1.82) is 0 Å². The largest absolute Gasteiger partial charge is 0.480 e. The lowest BCUT2D eigenvalue weighted by Crippen LogP contribution is -2.48. The van der Waals surface area contributed by atoms with Crippen molar-refractivity contribution in [3.8, 4) is 0 Å². The number of carbonyl (C=O) groups is 2. The maximum Gasteiger partial charge on any atom is 0.326 e. The van der Waals surface area contributed by atoms with Crippen LogP contribution in [0.5, 0.6) is 0 Å². The Hall–Kier alpha value is -1.34. The summed E-state index contributed by atoms with van der Waals surface area (Å²) in [6, 6.07) is -1.44. The van der Waals surface area contributed by atoms with Crippen molar-refractivity contribution in [2.24, 2.45) is 0 Å². The number of nitrogens with one attached hydrogen (secondary N) is 1. The van der Waals surface area contributed by atoms with Crippen molar-refractivity contribution < 1.29 is 19.8 Å². The highest BCUT2D eigenvalue weighted by molar-refractivity contribution is 5.82. The summed E-state index contributed by atoms with van der Waals surface area (Å²) >= 11 is 0. The van der Waals surface area contributed by atoms with E-state index in [1.807, 2.05) is 25.9 Å². The molecule has 0 aromatic carbocycles. The molecule has 7 nitrogen and oxygen atoms in total. The molecule has 0 aliphatic heterocycles. The molecule has 0 heterocycles. The third kappa shape index (κ3) is 7.63. The Balaban J connectivity index is 4.28. The molecule has 0 fully saturated rings. The predicted octanol–water partition coefficient (Wildman–Crippen LogP) is -0.195. The number of hydrogen-bond acceptors (Lipinski definition) is 4. The smallest absolute Gasteiger partial charge is 0.326 e. The molecule has 19 heavy (non-hydrogen) atoms. The number of carboxylic acids is 1. The molecule has 0 aliphatic carbocycles. The van der Waals surface area contributed by atoms with E-state index in [0.717, 1.165) is 13.0 Å². The molecule has 7 heteroatoms. The topological polar surface area (TPSA) is 93.1 Å². The van der Waals surface area contributed by atoms with Gasteiger partial charge in [-0.1, -0.05) is 0 Å². The van der Waals surface area contributed by atoms with Gasteiger partial charge in [-0.25, -0.2) is 9.59 Å². The Kier molecular flexibility index (Phi) is 8.90. The van der Waals surface area contributed by atoms with E-state index in [1.165, 1.54) is 0 Å². The van der Waals surface area contributed by atoms with Crippen LogP contribution in [0.1, 0.15) is 19.8 Å². The first kappa shape index (κ1) is 17.7. The van der Waals surface area contributed by atoms with Gasteiger partial charge in [0.15, 0.2) is 0 Å². The van der Waals surface area contributed by atoms with E-state index in [1.54, 1.807) is 4.90 Å². The lowest BCUT2D eigenvalue weighted by molar-refractivity contribution is -0.139. The highest BCUT2D eigenvalue weighted by Gasteiger charge is 2.21. The third-order valence-electron chi connectivity index (χ3n) is 2.72. The van der Waals surface area contributed by atoms with Crippen LogP contribution in [-0.4, -0.2) is 78.4 Å². The summed E-state index contributed by atoms with van der Waals surface area (Å²) in [5.41, 5.74) is 0. The fourth-order valence-electron chi connectivity index (χ4n) is 1.61. The highest BCUT2D eigenvalue weighted by atomic mass is 16.4. The fourth-order valence-corrected chi connectivity index (χ4v) is 1.61. The summed E-state index contributed by atoms with van der Waals surface area (Å²) in [6.07, 6.45) is 0.836. The number of aliphatic hydroxyl groups is 1. The number of amides is 2. The Labute approximate surface area is 114 Å². The fraction of sp³-hybridized carbons (Fsp3) is 0.833. The summed E-state index contributed by atoms with van der Waals surface area (Å²) in [7, 11) is 3.91. The quantitative estimate of drug-likeness (QED) is 0.542. The van der Waals surface area contributed by atoms with Crippen LogP contribution in [-0.2, 0) is 4.79 Å². The van der Waals surface area contributed by atoms with Crippen LogP contribution in [0.4, 0.5) is 4.79 Å². The zero-order chi connectivity index (χ0) is 14.8. The summed E-state index contributed by atoms with van der Waals surface area (Å²) in [4.78, 5) is 26.4. The molecule has 0 aromatic rings. The number of carboxylic acid groups (broad SMARTS) is 1. The van der Waals surface area contributed by atoms with Crippen LogP contribution in [0.25, 0.3) is 0 Å². The van der Waals surface area contributed by atoms with Gasteiger partial charge in [-0.05, 0) is 34.0 Å². The molecule has 0 unspecified atom stereocenters. The summed E-state index contributed by atoms with van der Waals surface area (Å²) in [6.45, 7) is 3.53. The molecular weight excluding hydrogens is 250 g/mol. The molecule has 0 bridgehead atoms. The van der Waals surface area contributed by atoms with Gasteiger partial charge < -0.3 is 25.3 Å². The first-order valence-corrected chi connectivity index (χ1v) is 6.46.